The first-order valence-corrected chi connectivity index (χ1v) is 7.92. The lowest BCUT2D eigenvalue weighted by atomic mass is 10.2. The molecule has 0 spiro atoms. The maximum atomic E-state index is 12.3. The molecule has 0 aliphatic carbocycles. The van der Waals surface area contributed by atoms with Gasteiger partial charge in [-0.3, -0.25) is 9.48 Å². The van der Waals surface area contributed by atoms with E-state index in [0.29, 0.717) is 15.5 Å². The van der Waals surface area contributed by atoms with Gasteiger partial charge in [-0.25, -0.2) is 0 Å². The fourth-order valence-corrected chi connectivity index (χ4v) is 3.69. The monoisotopic (exact) mass is 334 g/mol. The van der Waals surface area contributed by atoms with Crippen LogP contribution in [0.25, 0.3) is 10.2 Å². The van der Waals surface area contributed by atoms with Crippen molar-refractivity contribution in [2.24, 2.45) is 19.1 Å². The highest BCUT2D eigenvalue weighted by Crippen LogP contribution is 2.28. The van der Waals surface area contributed by atoms with Crippen LogP contribution in [0, 0.1) is 13.8 Å². The van der Waals surface area contributed by atoms with Crippen LogP contribution < -0.4 is 4.80 Å². The van der Waals surface area contributed by atoms with Crippen molar-refractivity contribution in [2.45, 2.75) is 13.8 Å². The molecule has 0 unspecified atom stereocenters. The van der Waals surface area contributed by atoms with Crippen LogP contribution >= 0.6 is 22.9 Å². The third-order valence-electron chi connectivity index (χ3n) is 3.63. The number of hydrogen-bond acceptors (Lipinski definition) is 3. The summed E-state index contributed by atoms with van der Waals surface area (Å²) in [5.74, 6) is -0.348. The number of rotatable bonds is 1. The number of aryl methyl sites for hydroxylation is 4. The number of benzene rings is 1. The molecule has 0 bridgehead atoms. The Morgan fingerprint density at radius 3 is 2.64 bits per heavy atom. The lowest BCUT2D eigenvalue weighted by Gasteiger charge is -2.00. The summed E-state index contributed by atoms with van der Waals surface area (Å²) in [4.78, 5) is 17.1. The smallest absolute Gasteiger partial charge is 0.300 e. The first kappa shape index (κ1) is 15.0. The van der Waals surface area contributed by atoms with E-state index in [2.05, 4.69) is 10.1 Å². The Hall–Kier alpha value is -1.92. The zero-order valence-electron chi connectivity index (χ0n) is 12.7. The molecule has 3 aromatic rings. The molecule has 2 heterocycles. The fourth-order valence-electron chi connectivity index (χ4n) is 2.32. The molecular formula is C15H15ClN4OS. The van der Waals surface area contributed by atoms with Crippen LogP contribution in [-0.4, -0.2) is 20.3 Å². The van der Waals surface area contributed by atoms with E-state index in [1.54, 1.807) is 17.8 Å². The van der Waals surface area contributed by atoms with Crippen LogP contribution in [0.1, 0.15) is 21.7 Å². The van der Waals surface area contributed by atoms with E-state index < -0.39 is 0 Å². The number of carbonyl (C=O) groups is 1. The van der Waals surface area contributed by atoms with E-state index in [1.165, 1.54) is 11.3 Å². The number of hydrogen-bond donors (Lipinski definition) is 0. The standard InChI is InChI=1S/C15H15ClN4OS/c1-8-5-6-10(16)13-12(8)19(3)15(22-13)17-14(21)11-7-9(2)20(4)18-11/h5-7H,1-4H3. The van der Waals surface area contributed by atoms with Gasteiger partial charge in [0, 0.05) is 19.8 Å². The van der Waals surface area contributed by atoms with Crippen LogP contribution in [0.5, 0.6) is 0 Å². The van der Waals surface area contributed by atoms with Crippen molar-refractivity contribution in [3.05, 3.63) is 45.0 Å². The summed E-state index contributed by atoms with van der Waals surface area (Å²) in [6, 6.07) is 5.56. The molecule has 0 saturated heterocycles. The first-order valence-electron chi connectivity index (χ1n) is 6.73. The number of nitrogens with zero attached hydrogens (tertiary/aromatic N) is 4. The molecule has 1 aromatic carbocycles. The lowest BCUT2D eigenvalue weighted by Crippen LogP contribution is -2.14. The largest absolute Gasteiger partial charge is 0.319 e. The molecule has 0 aliphatic heterocycles. The van der Waals surface area contributed by atoms with E-state index in [9.17, 15) is 4.79 Å². The number of aromatic nitrogens is 3. The van der Waals surface area contributed by atoms with Crippen molar-refractivity contribution in [1.82, 2.24) is 14.3 Å². The van der Waals surface area contributed by atoms with Gasteiger partial charge in [-0.05, 0) is 31.5 Å². The highest BCUT2D eigenvalue weighted by atomic mass is 35.5. The minimum absolute atomic E-state index is 0.347. The van der Waals surface area contributed by atoms with Gasteiger partial charge in [0.05, 0.1) is 15.2 Å². The highest BCUT2D eigenvalue weighted by molar-refractivity contribution is 7.17. The first-order chi connectivity index (χ1) is 10.4. The SMILES string of the molecule is Cc1ccc(Cl)c2sc(=NC(=O)c3cc(C)n(C)n3)n(C)c12. The average molecular weight is 335 g/mol. The van der Waals surface area contributed by atoms with Gasteiger partial charge < -0.3 is 4.57 Å². The van der Waals surface area contributed by atoms with Crippen molar-refractivity contribution in [3.63, 3.8) is 0 Å². The molecular weight excluding hydrogens is 320 g/mol. The van der Waals surface area contributed by atoms with Gasteiger partial charge in [0.2, 0.25) is 0 Å². The zero-order chi connectivity index (χ0) is 16.0. The zero-order valence-corrected chi connectivity index (χ0v) is 14.3. The second-order valence-corrected chi connectivity index (χ2v) is 6.58. The molecule has 0 aliphatic rings. The molecule has 0 atom stereocenters. The number of carbonyl (C=O) groups excluding carboxylic acids is 1. The van der Waals surface area contributed by atoms with E-state index in [-0.39, 0.29) is 5.91 Å². The molecule has 2 aromatic heterocycles. The van der Waals surface area contributed by atoms with Gasteiger partial charge in [-0.2, -0.15) is 10.1 Å². The minimum Gasteiger partial charge on any atom is -0.319 e. The summed E-state index contributed by atoms with van der Waals surface area (Å²) in [7, 11) is 3.69. The van der Waals surface area contributed by atoms with Crippen LogP contribution in [0.15, 0.2) is 23.2 Å². The van der Waals surface area contributed by atoms with Gasteiger partial charge in [-0.1, -0.05) is 29.0 Å². The summed E-state index contributed by atoms with van der Waals surface area (Å²) < 4.78 is 4.50. The van der Waals surface area contributed by atoms with Gasteiger partial charge in [0.25, 0.3) is 5.91 Å². The average Bonchev–Trinajstić information content (AvgIpc) is 2.97. The second-order valence-electron chi connectivity index (χ2n) is 5.20. The quantitative estimate of drug-likeness (QED) is 0.687. The molecule has 114 valence electrons. The number of fused-ring (bicyclic) bond motifs is 1. The van der Waals surface area contributed by atoms with Crippen molar-refractivity contribution in [2.75, 3.05) is 0 Å². The molecule has 0 fully saturated rings. The van der Waals surface area contributed by atoms with Crippen molar-refractivity contribution in [3.8, 4) is 0 Å². The van der Waals surface area contributed by atoms with E-state index in [1.807, 2.05) is 37.6 Å². The Morgan fingerprint density at radius 1 is 1.32 bits per heavy atom. The van der Waals surface area contributed by atoms with E-state index in [4.69, 9.17) is 11.6 Å². The number of thiazole rings is 1. The Kier molecular flexibility index (Phi) is 3.66. The molecule has 3 rings (SSSR count). The summed E-state index contributed by atoms with van der Waals surface area (Å²) in [5, 5.41) is 4.84. The van der Waals surface area contributed by atoms with Gasteiger partial charge >= 0.3 is 0 Å². The van der Waals surface area contributed by atoms with E-state index in [0.717, 1.165) is 21.5 Å². The minimum atomic E-state index is -0.348. The molecule has 7 heteroatoms. The third kappa shape index (κ3) is 2.38. The Bertz CT molecular complexity index is 944. The highest BCUT2D eigenvalue weighted by Gasteiger charge is 2.13. The second kappa shape index (κ2) is 5.37. The Morgan fingerprint density at radius 2 is 2.05 bits per heavy atom. The maximum Gasteiger partial charge on any atom is 0.300 e. The van der Waals surface area contributed by atoms with Crippen molar-refractivity contribution >= 4 is 39.1 Å². The fraction of sp³-hybridized carbons (Fsp3) is 0.267. The molecule has 1 amide bonds. The van der Waals surface area contributed by atoms with Crippen LogP contribution in [0.2, 0.25) is 5.02 Å². The Balaban J connectivity index is 2.17. The van der Waals surface area contributed by atoms with Gasteiger partial charge in [0.1, 0.15) is 0 Å². The van der Waals surface area contributed by atoms with Crippen molar-refractivity contribution < 1.29 is 4.79 Å². The van der Waals surface area contributed by atoms with Crippen LogP contribution in [0.3, 0.4) is 0 Å². The van der Waals surface area contributed by atoms with Crippen molar-refractivity contribution in [1.29, 1.82) is 0 Å². The molecule has 0 radical (unpaired) electrons. The number of halogens is 1. The topological polar surface area (TPSA) is 52.2 Å². The molecule has 5 nitrogen and oxygen atoms in total. The summed E-state index contributed by atoms with van der Waals surface area (Å²) >= 11 is 7.65. The third-order valence-corrected chi connectivity index (χ3v) is 5.22. The van der Waals surface area contributed by atoms with Gasteiger partial charge in [0.15, 0.2) is 10.5 Å². The van der Waals surface area contributed by atoms with E-state index >= 15 is 0 Å². The summed E-state index contributed by atoms with van der Waals surface area (Å²) in [6.07, 6.45) is 0. The summed E-state index contributed by atoms with van der Waals surface area (Å²) in [5.41, 5.74) is 3.36. The normalized spacial score (nSPS) is 12.3. The van der Waals surface area contributed by atoms with Gasteiger partial charge in [-0.15, -0.1) is 0 Å². The maximum absolute atomic E-state index is 12.3. The summed E-state index contributed by atoms with van der Waals surface area (Å²) in [6.45, 7) is 3.91. The van der Waals surface area contributed by atoms with Crippen LogP contribution in [-0.2, 0) is 14.1 Å². The van der Waals surface area contributed by atoms with Crippen LogP contribution in [0.4, 0.5) is 0 Å². The predicted octanol–water partition coefficient (Wildman–Crippen LogP) is 2.98. The Labute approximate surface area is 136 Å². The molecule has 0 saturated carbocycles. The number of amides is 1. The predicted molar refractivity (Wildman–Crippen MR) is 88.4 cm³/mol. The molecule has 0 N–H and O–H groups in total. The molecule has 22 heavy (non-hydrogen) atoms. The lowest BCUT2D eigenvalue weighted by molar-refractivity contribution is 0.0992.